The Labute approximate surface area is 167 Å². The van der Waals surface area contributed by atoms with Gasteiger partial charge < -0.3 is 5.32 Å². The number of nitrogens with zero attached hydrogens (tertiary/aromatic N) is 2. The molecule has 3 aromatic rings. The topological polar surface area (TPSA) is 85.1 Å². The summed E-state index contributed by atoms with van der Waals surface area (Å²) in [5, 5.41) is 13.7. The fourth-order valence-electron chi connectivity index (χ4n) is 2.57. The molecule has 0 aliphatic rings. The van der Waals surface area contributed by atoms with Crippen LogP contribution in [0, 0.1) is 10.1 Å². The Morgan fingerprint density at radius 3 is 2.59 bits per heavy atom. The maximum atomic E-state index is 13.2. The number of nitro groups is 1. The number of aromatic nitrogens is 1. The molecule has 1 unspecified atom stereocenters. The lowest BCUT2D eigenvalue weighted by Gasteiger charge is -2.16. The lowest BCUT2D eigenvalue weighted by molar-refractivity contribution is -0.385. The Hall–Kier alpha value is -3.14. The average Bonchev–Trinajstić information content (AvgIpc) is 2.67. The Morgan fingerprint density at radius 1 is 1.17 bits per heavy atom. The summed E-state index contributed by atoms with van der Waals surface area (Å²) >= 11 is 1.09. The molecule has 0 aliphatic carbocycles. The molecule has 6 nitrogen and oxygen atoms in total. The summed E-state index contributed by atoms with van der Waals surface area (Å²) < 4.78 is 39.7. The molecular weight excluding hydrogens is 407 g/mol. The maximum Gasteiger partial charge on any atom is 0.418 e. The number of carbonyl (C=O) groups is 1. The van der Waals surface area contributed by atoms with Gasteiger partial charge in [-0.15, -0.1) is 0 Å². The normalized spacial score (nSPS) is 12.6. The highest BCUT2D eigenvalue weighted by molar-refractivity contribution is 8.00. The van der Waals surface area contributed by atoms with Gasteiger partial charge in [0.15, 0.2) is 0 Å². The van der Waals surface area contributed by atoms with E-state index in [1.165, 1.54) is 6.92 Å². The predicted molar refractivity (Wildman–Crippen MR) is 104 cm³/mol. The minimum absolute atomic E-state index is 0.401. The quantitative estimate of drug-likeness (QED) is 0.344. The van der Waals surface area contributed by atoms with Crippen molar-refractivity contribution in [2.45, 2.75) is 23.4 Å². The SMILES string of the molecule is CC(Sc1ccc2ccccc2n1)C(=O)Nc1ccc([N+](=O)[O-])cc1C(F)(F)F. The molecule has 0 fully saturated rings. The molecule has 0 aliphatic heterocycles. The summed E-state index contributed by atoms with van der Waals surface area (Å²) in [4.78, 5) is 26.7. The number of nitro benzene ring substituents is 1. The zero-order valence-corrected chi connectivity index (χ0v) is 15.8. The molecule has 1 atom stereocenters. The summed E-state index contributed by atoms with van der Waals surface area (Å²) in [6.07, 6.45) is -4.86. The van der Waals surface area contributed by atoms with E-state index in [0.29, 0.717) is 11.1 Å². The molecule has 0 saturated heterocycles. The number of nitrogens with one attached hydrogen (secondary N) is 1. The van der Waals surface area contributed by atoms with E-state index in [9.17, 15) is 28.1 Å². The van der Waals surface area contributed by atoms with Gasteiger partial charge >= 0.3 is 6.18 Å². The lowest BCUT2D eigenvalue weighted by atomic mass is 10.1. The second-order valence-electron chi connectivity index (χ2n) is 6.08. The highest BCUT2D eigenvalue weighted by Gasteiger charge is 2.36. The zero-order valence-electron chi connectivity index (χ0n) is 14.9. The van der Waals surface area contributed by atoms with Gasteiger partial charge in [0.2, 0.25) is 5.91 Å². The molecule has 10 heteroatoms. The smallest absolute Gasteiger partial charge is 0.325 e. The number of anilines is 1. The number of fused-ring (bicyclic) bond motifs is 1. The van der Waals surface area contributed by atoms with Crippen LogP contribution in [0.5, 0.6) is 0 Å². The summed E-state index contributed by atoms with van der Waals surface area (Å²) in [5.74, 6) is -0.677. The number of thioether (sulfide) groups is 1. The first kappa shape index (κ1) is 20.6. The van der Waals surface area contributed by atoms with Crippen LogP contribution in [-0.4, -0.2) is 21.1 Å². The van der Waals surface area contributed by atoms with Gasteiger partial charge in [-0.1, -0.05) is 36.0 Å². The summed E-state index contributed by atoms with van der Waals surface area (Å²) in [7, 11) is 0. The van der Waals surface area contributed by atoms with Gasteiger partial charge in [-0.05, 0) is 25.1 Å². The van der Waals surface area contributed by atoms with E-state index >= 15 is 0 Å². The van der Waals surface area contributed by atoms with Crippen LogP contribution >= 0.6 is 11.8 Å². The van der Waals surface area contributed by atoms with Gasteiger partial charge in [0.05, 0.1) is 32.0 Å². The van der Waals surface area contributed by atoms with Crippen molar-refractivity contribution in [1.29, 1.82) is 0 Å². The minimum atomic E-state index is -4.86. The van der Waals surface area contributed by atoms with E-state index in [1.54, 1.807) is 6.07 Å². The average molecular weight is 421 g/mol. The molecule has 0 radical (unpaired) electrons. The Balaban J connectivity index is 1.79. The summed E-state index contributed by atoms with van der Waals surface area (Å²) in [6, 6.07) is 13.2. The van der Waals surface area contributed by atoms with E-state index in [2.05, 4.69) is 10.3 Å². The van der Waals surface area contributed by atoms with Crippen molar-refractivity contribution in [2.24, 2.45) is 0 Å². The number of hydrogen-bond donors (Lipinski definition) is 1. The number of non-ortho nitro benzene ring substituents is 1. The molecule has 3 rings (SSSR count). The number of amides is 1. The molecule has 150 valence electrons. The van der Waals surface area contributed by atoms with Gasteiger partial charge in [-0.2, -0.15) is 13.2 Å². The van der Waals surface area contributed by atoms with Gasteiger partial charge in [0.1, 0.15) is 0 Å². The lowest BCUT2D eigenvalue weighted by Crippen LogP contribution is -2.24. The van der Waals surface area contributed by atoms with Crippen molar-refractivity contribution >= 4 is 39.9 Å². The van der Waals surface area contributed by atoms with Crippen molar-refractivity contribution in [3.63, 3.8) is 0 Å². The number of alkyl halides is 3. The second kappa shape index (κ2) is 8.08. The third kappa shape index (κ3) is 4.83. The van der Waals surface area contributed by atoms with Crippen LogP contribution in [0.4, 0.5) is 24.5 Å². The van der Waals surface area contributed by atoms with Crippen molar-refractivity contribution in [1.82, 2.24) is 4.98 Å². The van der Waals surface area contributed by atoms with Gasteiger partial charge in [-0.3, -0.25) is 14.9 Å². The van der Waals surface area contributed by atoms with E-state index < -0.39 is 39.2 Å². The molecule has 29 heavy (non-hydrogen) atoms. The summed E-state index contributed by atoms with van der Waals surface area (Å²) in [6.45, 7) is 1.54. The van der Waals surface area contributed by atoms with E-state index in [0.717, 1.165) is 34.8 Å². The molecule has 2 aromatic carbocycles. The molecule has 0 bridgehead atoms. The maximum absolute atomic E-state index is 13.2. The number of rotatable bonds is 5. The third-order valence-electron chi connectivity index (χ3n) is 4.02. The Kier molecular flexibility index (Phi) is 5.73. The van der Waals surface area contributed by atoms with E-state index in [1.807, 2.05) is 30.3 Å². The first-order valence-electron chi connectivity index (χ1n) is 8.34. The minimum Gasteiger partial charge on any atom is -0.325 e. The van der Waals surface area contributed by atoms with Crippen LogP contribution < -0.4 is 5.32 Å². The van der Waals surface area contributed by atoms with Crippen LogP contribution in [-0.2, 0) is 11.0 Å². The first-order valence-corrected chi connectivity index (χ1v) is 9.22. The van der Waals surface area contributed by atoms with Crippen molar-refractivity contribution in [2.75, 3.05) is 5.32 Å². The number of carbonyl (C=O) groups excluding carboxylic acids is 1. The number of halogens is 3. The standard InChI is InChI=1S/C19H14F3N3O3S/c1-11(29-17-9-6-12-4-2-3-5-15(12)23-17)18(26)24-16-8-7-13(25(27)28)10-14(16)19(20,21)22/h2-11H,1H3,(H,24,26). The van der Waals surface area contributed by atoms with Gasteiger partial charge in [-0.25, -0.2) is 4.98 Å². The largest absolute Gasteiger partial charge is 0.418 e. The van der Waals surface area contributed by atoms with Crippen molar-refractivity contribution < 1.29 is 22.9 Å². The third-order valence-corrected chi connectivity index (χ3v) is 5.05. The molecule has 1 aromatic heterocycles. The Morgan fingerprint density at radius 2 is 1.90 bits per heavy atom. The second-order valence-corrected chi connectivity index (χ2v) is 7.44. The highest BCUT2D eigenvalue weighted by Crippen LogP contribution is 2.37. The predicted octanol–water partition coefficient (Wildman–Crippen LogP) is 5.28. The molecule has 1 amide bonds. The van der Waals surface area contributed by atoms with E-state index in [-0.39, 0.29) is 0 Å². The van der Waals surface area contributed by atoms with Crippen LogP contribution in [0.2, 0.25) is 0 Å². The highest BCUT2D eigenvalue weighted by atomic mass is 32.2. The molecule has 0 spiro atoms. The molecule has 0 saturated carbocycles. The zero-order chi connectivity index (χ0) is 21.2. The number of benzene rings is 2. The molecule has 1 N–H and O–H groups in total. The number of para-hydroxylation sites is 1. The molecule has 1 heterocycles. The van der Waals surface area contributed by atoms with Crippen LogP contribution in [0.15, 0.2) is 59.6 Å². The van der Waals surface area contributed by atoms with E-state index in [4.69, 9.17) is 0 Å². The first-order chi connectivity index (χ1) is 13.6. The van der Waals surface area contributed by atoms with Crippen LogP contribution in [0.1, 0.15) is 12.5 Å². The number of pyridine rings is 1. The van der Waals surface area contributed by atoms with Crippen LogP contribution in [0.25, 0.3) is 10.9 Å². The Bertz CT molecular complexity index is 1090. The van der Waals surface area contributed by atoms with Crippen molar-refractivity contribution in [3.8, 4) is 0 Å². The fourth-order valence-corrected chi connectivity index (χ4v) is 3.40. The monoisotopic (exact) mass is 421 g/mol. The van der Waals surface area contributed by atoms with Gasteiger partial charge in [0, 0.05) is 17.5 Å². The number of hydrogen-bond acceptors (Lipinski definition) is 5. The summed E-state index contributed by atoms with van der Waals surface area (Å²) in [5.41, 5.74) is -1.79. The molecular formula is C19H14F3N3O3S. The fraction of sp³-hybridized carbons (Fsp3) is 0.158. The van der Waals surface area contributed by atoms with Crippen LogP contribution in [0.3, 0.4) is 0 Å². The van der Waals surface area contributed by atoms with Crippen molar-refractivity contribution in [3.05, 3.63) is 70.3 Å². The van der Waals surface area contributed by atoms with Gasteiger partial charge in [0.25, 0.3) is 5.69 Å².